The molecule has 18 heavy (non-hydrogen) atoms. The fourth-order valence-corrected chi connectivity index (χ4v) is 1.98. The summed E-state index contributed by atoms with van der Waals surface area (Å²) in [6.07, 6.45) is 1.35. The van der Waals surface area contributed by atoms with Crippen LogP contribution in [0.1, 0.15) is 13.8 Å². The lowest BCUT2D eigenvalue weighted by Crippen LogP contribution is -2.34. The fourth-order valence-electron chi connectivity index (χ4n) is 1.98. The van der Waals surface area contributed by atoms with Gasteiger partial charge in [-0.2, -0.15) is 0 Å². The Morgan fingerprint density at radius 3 is 2.78 bits per heavy atom. The molecule has 0 spiro atoms. The number of aliphatic hydroxyl groups excluding tert-OH is 1. The summed E-state index contributed by atoms with van der Waals surface area (Å²) in [5, 5.41) is 9.78. The minimum absolute atomic E-state index is 0.0268. The third kappa shape index (κ3) is 2.26. The van der Waals surface area contributed by atoms with E-state index < -0.39 is 0 Å². The second-order valence-electron chi connectivity index (χ2n) is 4.34. The van der Waals surface area contributed by atoms with Gasteiger partial charge < -0.3 is 10.0 Å². The molecule has 0 saturated carbocycles. The first-order chi connectivity index (χ1) is 8.65. The highest BCUT2D eigenvalue weighted by atomic mass is 19.1. The summed E-state index contributed by atoms with van der Waals surface area (Å²) in [6, 6.07) is 4.98. The lowest BCUT2D eigenvalue weighted by atomic mass is 10.2. The van der Waals surface area contributed by atoms with Crippen molar-refractivity contribution in [3.8, 4) is 0 Å². The number of nitrogens with zero attached hydrogens (tertiary/aromatic N) is 3. The summed E-state index contributed by atoms with van der Waals surface area (Å²) in [4.78, 5) is 10.1. The minimum Gasteiger partial charge on any atom is -0.395 e. The van der Waals surface area contributed by atoms with E-state index >= 15 is 0 Å². The summed E-state index contributed by atoms with van der Waals surface area (Å²) in [5.74, 6) is 0.299. The molecule has 0 aliphatic carbocycles. The average molecular weight is 249 g/mol. The second-order valence-corrected chi connectivity index (χ2v) is 4.34. The van der Waals surface area contributed by atoms with Gasteiger partial charge in [-0.3, -0.25) is 0 Å². The van der Waals surface area contributed by atoms with Crippen molar-refractivity contribution in [2.75, 3.05) is 18.1 Å². The Labute approximate surface area is 105 Å². The first-order valence-corrected chi connectivity index (χ1v) is 5.92. The topological polar surface area (TPSA) is 49.2 Å². The van der Waals surface area contributed by atoms with Gasteiger partial charge >= 0.3 is 0 Å². The number of halogens is 1. The molecular weight excluding hydrogens is 233 g/mol. The number of fused-ring (bicyclic) bond motifs is 1. The molecule has 0 unspecified atom stereocenters. The highest BCUT2D eigenvalue weighted by molar-refractivity contribution is 5.89. The van der Waals surface area contributed by atoms with Crippen LogP contribution in [-0.4, -0.2) is 34.3 Å². The molecular formula is C13H16FN3O. The van der Waals surface area contributed by atoms with Crippen LogP contribution in [0.25, 0.3) is 10.9 Å². The maximum Gasteiger partial charge on any atom is 0.149 e. The van der Waals surface area contributed by atoms with Crippen LogP contribution in [0.15, 0.2) is 24.5 Å². The van der Waals surface area contributed by atoms with Crippen molar-refractivity contribution in [3.63, 3.8) is 0 Å². The Morgan fingerprint density at radius 1 is 1.33 bits per heavy atom. The molecule has 2 aromatic rings. The van der Waals surface area contributed by atoms with Crippen LogP contribution in [0.4, 0.5) is 10.2 Å². The van der Waals surface area contributed by atoms with E-state index in [-0.39, 0.29) is 18.5 Å². The number of aliphatic hydroxyl groups is 1. The molecule has 0 amide bonds. The van der Waals surface area contributed by atoms with E-state index in [1.54, 1.807) is 12.1 Å². The van der Waals surface area contributed by atoms with Crippen LogP contribution in [0.2, 0.25) is 0 Å². The Morgan fingerprint density at radius 2 is 2.11 bits per heavy atom. The molecule has 1 heterocycles. The zero-order valence-corrected chi connectivity index (χ0v) is 10.5. The van der Waals surface area contributed by atoms with Gasteiger partial charge in [-0.1, -0.05) is 6.07 Å². The van der Waals surface area contributed by atoms with Crippen molar-refractivity contribution in [1.82, 2.24) is 9.97 Å². The summed E-state index contributed by atoms with van der Waals surface area (Å²) >= 11 is 0. The largest absolute Gasteiger partial charge is 0.395 e. The van der Waals surface area contributed by atoms with Gasteiger partial charge in [0.15, 0.2) is 0 Å². The molecule has 0 aliphatic rings. The van der Waals surface area contributed by atoms with E-state index in [0.717, 1.165) is 0 Å². The van der Waals surface area contributed by atoms with Crippen LogP contribution >= 0.6 is 0 Å². The molecule has 5 heteroatoms. The first-order valence-electron chi connectivity index (χ1n) is 5.92. The van der Waals surface area contributed by atoms with E-state index in [2.05, 4.69) is 9.97 Å². The molecule has 1 aromatic carbocycles. The van der Waals surface area contributed by atoms with Gasteiger partial charge in [0, 0.05) is 18.0 Å². The van der Waals surface area contributed by atoms with E-state index in [9.17, 15) is 4.39 Å². The third-order valence-electron chi connectivity index (χ3n) is 2.83. The normalized spacial score (nSPS) is 11.2. The molecule has 0 bridgehead atoms. The number of anilines is 1. The monoisotopic (exact) mass is 249 g/mol. The second kappa shape index (κ2) is 5.27. The SMILES string of the molecule is CC(C)N(CCO)c1ncnc2c(F)cccc12. The van der Waals surface area contributed by atoms with Gasteiger partial charge in [0.1, 0.15) is 23.5 Å². The molecule has 0 radical (unpaired) electrons. The third-order valence-corrected chi connectivity index (χ3v) is 2.83. The van der Waals surface area contributed by atoms with Crippen LogP contribution < -0.4 is 4.90 Å². The molecule has 0 atom stereocenters. The predicted molar refractivity (Wildman–Crippen MR) is 69.1 cm³/mol. The number of hydrogen-bond acceptors (Lipinski definition) is 4. The van der Waals surface area contributed by atoms with Crippen molar-refractivity contribution >= 4 is 16.7 Å². The zero-order chi connectivity index (χ0) is 13.1. The molecule has 1 aromatic heterocycles. The number of rotatable bonds is 4. The molecule has 0 aliphatic heterocycles. The van der Waals surface area contributed by atoms with Crippen molar-refractivity contribution < 1.29 is 9.50 Å². The number of para-hydroxylation sites is 1. The fraction of sp³-hybridized carbons (Fsp3) is 0.385. The average Bonchev–Trinajstić information content (AvgIpc) is 2.36. The molecule has 0 fully saturated rings. The van der Waals surface area contributed by atoms with Gasteiger partial charge in [0.25, 0.3) is 0 Å². The smallest absolute Gasteiger partial charge is 0.149 e. The summed E-state index contributed by atoms with van der Waals surface area (Å²) in [6.45, 7) is 4.49. The van der Waals surface area contributed by atoms with Crippen molar-refractivity contribution in [3.05, 3.63) is 30.3 Å². The summed E-state index contributed by atoms with van der Waals surface area (Å²) < 4.78 is 13.7. The Kier molecular flexibility index (Phi) is 3.72. The van der Waals surface area contributed by atoms with E-state index in [1.807, 2.05) is 18.7 Å². The zero-order valence-electron chi connectivity index (χ0n) is 10.5. The summed E-state index contributed by atoms with van der Waals surface area (Å²) in [5.41, 5.74) is 0.311. The van der Waals surface area contributed by atoms with E-state index in [4.69, 9.17) is 5.11 Å². The van der Waals surface area contributed by atoms with E-state index in [0.29, 0.717) is 23.3 Å². The van der Waals surface area contributed by atoms with Gasteiger partial charge in [0.05, 0.1) is 6.61 Å². The van der Waals surface area contributed by atoms with Crippen molar-refractivity contribution in [2.24, 2.45) is 0 Å². The van der Waals surface area contributed by atoms with Gasteiger partial charge in [-0.05, 0) is 26.0 Å². The first kappa shape index (κ1) is 12.7. The Bertz CT molecular complexity index is 545. The van der Waals surface area contributed by atoms with Crippen molar-refractivity contribution in [2.45, 2.75) is 19.9 Å². The van der Waals surface area contributed by atoms with Gasteiger partial charge in [0.2, 0.25) is 0 Å². The highest BCUT2D eigenvalue weighted by Gasteiger charge is 2.16. The van der Waals surface area contributed by atoms with Gasteiger partial charge in [-0.25, -0.2) is 14.4 Å². The lowest BCUT2D eigenvalue weighted by molar-refractivity contribution is 0.299. The van der Waals surface area contributed by atoms with Crippen molar-refractivity contribution in [1.29, 1.82) is 0 Å². The van der Waals surface area contributed by atoms with E-state index in [1.165, 1.54) is 12.4 Å². The van der Waals surface area contributed by atoms with Gasteiger partial charge in [-0.15, -0.1) is 0 Å². The maximum atomic E-state index is 13.7. The number of benzene rings is 1. The minimum atomic E-state index is -0.358. The molecule has 96 valence electrons. The highest BCUT2D eigenvalue weighted by Crippen LogP contribution is 2.25. The number of aromatic nitrogens is 2. The Hall–Kier alpha value is -1.75. The van der Waals surface area contributed by atoms with Crippen LogP contribution in [-0.2, 0) is 0 Å². The van der Waals surface area contributed by atoms with Crippen LogP contribution in [0.5, 0.6) is 0 Å². The maximum absolute atomic E-state index is 13.7. The quantitative estimate of drug-likeness (QED) is 0.900. The predicted octanol–water partition coefficient (Wildman–Crippen LogP) is 1.98. The lowest BCUT2D eigenvalue weighted by Gasteiger charge is -2.27. The molecule has 4 nitrogen and oxygen atoms in total. The number of hydrogen-bond donors (Lipinski definition) is 1. The Balaban J connectivity index is 2.59. The standard InChI is InChI=1S/C13H16FN3O/c1-9(2)17(6-7-18)13-10-4-3-5-11(14)12(10)15-8-16-13/h3-5,8-9,18H,6-7H2,1-2H3. The molecule has 2 rings (SSSR count). The molecule has 0 saturated heterocycles. The molecule has 1 N–H and O–H groups in total. The van der Waals surface area contributed by atoms with Crippen LogP contribution in [0, 0.1) is 5.82 Å². The summed E-state index contributed by atoms with van der Waals surface area (Å²) in [7, 11) is 0. The van der Waals surface area contributed by atoms with Crippen LogP contribution in [0.3, 0.4) is 0 Å².